The molecule has 184 valence electrons. The van der Waals surface area contributed by atoms with E-state index in [4.69, 9.17) is 9.29 Å². The van der Waals surface area contributed by atoms with Crippen LogP contribution < -0.4 is 4.18 Å². The lowest BCUT2D eigenvalue weighted by Crippen LogP contribution is -2.13. The lowest BCUT2D eigenvalue weighted by Gasteiger charge is -2.14. The Morgan fingerprint density at radius 3 is 2.17 bits per heavy atom. The van der Waals surface area contributed by atoms with Crippen LogP contribution in [0.25, 0.3) is 5.52 Å². The van der Waals surface area contributed by atoms with Crippen molar-refractivity contribution < 1.29 is 22.5 Å². The molecule has 0 aliphatic rings. The molecule has 0 saturated heterocycles. The van der Waals surface area contributed by atoms with E-state index in [0.717, 1.165) is 36.6 Å². The molecule has 35 heavy (non-hydrogen) atoms. The van der Waals surface area contributed by atoms with Gasteiger partial charge in [0.2, 0.25) is 5.78 Å². The number of pyridine rings is 1. The maximum absolute atomic E-state index is 13.6. The van der Waals surface area contributed by atoms with E-state index in [9.17, 15) is 13.2 Å². The van der Waals surface area contributed by atoms with Crippen LogP contribution in [0.3, 0.4) is 0 Å². The monoisotopic (exact) mass is 493 g/mol. The zero-order valence-corrected chi connectivity index (χ0v) is 21.5. The van der Waals surface area contributed by atoms with E-state index in [1.807, 2.05) is 35.7 Å². The first kappa shape index (κ1) is 26.2. The molecule has 0 bridgehead atoms. The van der Waals surface area contributed by atoms with Gasteiger partial charge < -0.3 is 13.7 Å². The molecule has 0 aliphatic carbocycles. The zero-order chi connectivity index (χ0) is 25.8. The van der Waals surface area contributed by atoms with E-state index in [2.05, 4.69) is 13.0 Å². The number of ketones is 1. The van der Waals surface area contributed by atoms with E-state index in [0.29, 0.717) is 22.4 Å². The molecule has 4 aromatic rings. The third kappa shape index (κ3) is 5.47. The Morgan fingerprint density at radius 2 is 1.57 bits per heavy atom. The molecule has 6 nitrogen and oxygen atoms in total. The van der Waals surface area contributed by atoms with E-state index < -0.39 is 10.1 Å². The van der Waals surface area contributed by atoms with E-state index in [1.165, 1.54) is 12.1 Å². The topological polar surface area (TPSA) is 85.1 Å². The molecule has 0 aliphatic heterocycles. The largest absolute Gasteiger partial charge is 0.400 e. The molecule has 4 rings (SSSR count). The summed E-state index contributed by atoms with van der Waals surface area (Å²) in [5.41, 5.74) is 5.27. The van der Waals surface area contributed by atoms with Crippen LogP contribution in [0.4, 0.5) is 0 Å². The highest BCUT2D eigenvalue weighted by Crippen LogP contribution is 2.30. The minimum Gasteiger partial charge on any atom is -0.400 e. The van der Waals surface area contributed by atoms with Crippen molar-refractivity contribution in [1.82, 2.24) is 4.40 Å². The van der Waals surface area contributed by atoms with Crippen molar-refractivity contribution in [3.63, 3.8) is 0 Å². The SMILES string of the molecule is CCCc1cc2ccccn2c1C(=O)c1cc(C)c(OS(=O)(=O)c2ccc(C)cc2)c(C)c1.CO. The van der Waals surface area contributed by atoms with Gasteiger partial charge in [-0.1, -0.05) is 37.1 Å². The molecule has 0 saturated carbocycles. The Balaban J connectivity index is 0.00000167. The summed E-state index contributed by atoms with van der Waals surface area (Å²) in [6, 6.07) is 17.8. The Kier molecular flexibility index (Phi) is 8.14. The number of aliphatic hydroxyl groups excluding tert-OH is 1. The summed E-state index contributed by atoms with van der Waals surface area (Å²) in [7, 11) is -2.98. The van der Waals surface area contributed by atoms with Crippen LogP contribution >= 0.6 is 0 Å². The number of aryl methyl sites for hydroxylation is 4. The number of benzene rings is 2. The molecular weight excluding hydrogens is 462 g/mol. The first-order valence-electron chi connectivity index (χ1n) is 11.4. The van der Waals surface area contributed by atoms with Crippen molar-refractivity contribution in [3.8, 4) is 5.75 Å². The molecule has 1 N–H and O–H groups in total. The van der Waals surface area contributed by atoms with Crippen molar-refractivity contribution in [3.05, 3.63) is 100 Å². The first-order chi connectivity index (χ1) is 16.7. The summed E-state index contributed by atoms with van der Waals surface area (Å²) >= 11 is 0. The molecule has 0 atom stereocenters. The van der Waals surface area contributed by atoms with Crippen LogP contribution in [-0.2, 0) is 16.5 Å². The van der Waals surface area contributed by atoms with Gasteiger partial charge in [-0.05, 0) is 86.3 Å². The third-order valence-electron chi connectivity index (χ3n) is 5.72. The Bertz CT molecular complexity index is 1430. The lowest BCUT2D eigenvalue weighted by atomic mass is 9.98. The summed E-state index contributed by atoms with van der Waals surface area (Å²) in [6.45, 7) is 7.49. The van der Waals surface area contributed by atoms with Gasteiger partial charge >= 0.3 is 10.1 Å². The minimum atomic E-state index is -3.98. The number of aromatic nitrogens is 1. The van der Waals surface area contributed by atoms with Gasteiger partial charge in [0.25, 0.3) is 0 Å². The molecule has 2 heterocycles. The Labute approximate surface area is 206 Å². The highest BCUT2D eigenvalue weighted by Gasteiger charge is 2.23. The molecule has 0 spiro atoms. The highest BCUT2D eigenvalue weighted by atomic mass is 32.2. The number of fused-ring (bicyclic) bond motifs is 1. The van der Waals surface area contributed by atoms with Gasteiger partial charge in [0.1, 0.15) is 10.6 Å². The van der Waals surface area contributed by atoms with E-state index in [-0.39, 0.29) is 16.4 Å². The number of aliphatic hydroxyl groups is 1. The van der Waals surface area contributed by atoms with Crippen molar-refractivity contribution in [2.45, 2.75) is 45.4 Å². The quantitative estimate of drug-likeness (QED) is 0.274. The minimum absolute atomic E-state index is 0.0934. The summed E-state index contributed by atoms with van der Waals surface area (Å²) in [5.74, 6) is 0.157. The first-order valence-corrected chi connectivity index (χ1v) is 12.8. The molecular formula is C28H31NO5S. The number of rotatable bonds is 7. The molecule has 0 unspecified atom stereocenters. The maximum Gasteiger partial charge on any atom is 0.339 e. The molecule has 0 fully saturated rings. The average molecular weight is 494 g/mol. The lowest BCUT2D eigenvalue weighted by molar-refractivity contribution is 0.103. The fraction of sp³-hybridized carbons (Fsp3) is 0.250. The number of carbonyl (C=O) groups is 1. The van der Waals surface area contributed by atoms with Gasteiger partial charge in [0, 0.05) is 24.4 Å². The van der Waals surface area contributed by atoms with Gasteiger partial charge in [0.05, 0.1) is 5.69 Å². The smallest absolute Gasteiger partial charge is 0.339 e. The van der Waals surface area contributed by atoms with E-state index >= 15 is 0 Å². The number of nitrogens with zero attached hydrogens (tertiary/aromatic N) is 1. The maximum atomic E-state index is 13.6. The molecule has 2 aromatic heterocycles. The summed E-state index contributed by atoms with van der Waals surface area (Å²) in [6.07, 6.45) is 3.63. The van der Waals surface area contributed by atoms with Crippen LogP contribution in [0.5, 0.6) is 5.75 Å². The van der Waals surface area contributed by atoms with Crippen LogP contribution in [0.2, 0.25) is 0 Å². The third-order valence-corrected chi connectivity index (χ3v) is 6.95. The second-order valence-electron chi connectivity index (χ2n) is 8.38. The van der Waals surface area contributed by atoms with Gasteiger partial charge in [-0.15, -0.1) is 0 Å². The van der Waals surface area contributed by atoms with Gasteiger partial charge in [0.15, 0.2) is 0 Å². The van der Waals surface area contributed by atoms with Crippen molar-refractivity contribution in [1.29, 1.82) is 0 Å². The predicted octanol–water partition coefficient (Wildman–Crippen LogP) is 5.42. The van der Waals surface area contributed by atoms with Crippen LogP contribution in [-0.4, -0.2) is 30.8 Å². The van der Waals surface area contributed by atoms with Crippen LogP contribution in [0.1, 0.15) is 51.7 Å². The zero-order valence-electron chi connectivity index (χ0n) is 20.7. The number of carbonyl (C=O) groups excluding carboxylic acids is 1. The molecule has 0 radical (unpaired) electrons. The summed E-state index contributed by atoms with van der Waals surface area (Å²) < 4.78 is 33.0. The van der Waals surface area contributed by atoms with E-state index in [1.54, 1.807) is 38.1 Å². The molecule has 7 heteroatoms. The number of hydrogen-bond acceptors (Lipinski definition) is 5. The Hall–Kier alpha value is -3.42. The second kappa shape index (κ2) is 10.9. The summed E-state index contributed by atoms with van der Waals surface area (Å²) in [5, 5.41) is 7.00. The van der Waals surface area contributed by atoms with Crippen LogP contribution in [0, 0.1) is 20.8 Å². The number of hydrogen-bond donors (Lipinski definition) is 1. The standard InChI is InChI=1S/C27H27NO4S.CH4O/c1-5-8-21-17-23-9-6-7-14-28(23)25(21)26(29)22-15-19(3)27(20(4)16-22)32-33(30,31)24-12-10-18(2)11-13-24;1-2/h6-7,9-17H,5,8H2,1-4H3;2H,1H3. The van der Waals surface area contributed by atoms with Gasteiger partial charge in [-0.2, -0.15) is 8.42 Å². The highest BCUT2D eigenvalue weighted by molar-refractivity contribution is 7.87. The van der Waals surface area contributed by atoms with Gasteiger partial charge in [-0.3, -0.25) is 4.79 Å². The van der Waals surface area contributed by atoms with Crippen molar-refractivity contribution in [2.75, 3.05) is 7.11 Å². The Morgan fingerprint density at radius 1 is 0.943 bits per heavy atom. The fourth-order valence-corrected chi connectivity index (χ4v) is 5.15. The average Bonchev–Trinajstić information content (AvgIpc) is 3.20. The second-order valence-corrected chi connectivity index (χ2v) is 9.93. The normalized spacial score (nSPS) is 11.1. The molecule has 2 aromatic carbocycles. The summed E-state index contributed by atoms with van der Waals surface area (Å²) in [4.78, 5) is 13.7. The van der Waals surface area contributed by atoms with Crippen molar-refractivity contribution in [2.24, 2.45) is 0 Å². The van der Waals surface area contributed by atoms with Gasteiger partial charge in [-0.25, -0.2) is 0 Å². The predicted molar refractivity (Wildman–Crippen MR) is 138 cm³/mol. The fourth-order valence-electron chi connectivity index (χ4n) is 4.11. The van der Waals surface area contributed by atoms with Crippen LogP contribution in [0.15, 0.2) is 71.8 Å². The van der Waals surface area contributed by atoms with Crippen molar-refractivity contribution >= 4 is 21.4 Å². The molecule has 0 amide bonds.